The second-order valence-electron chi connectivity index (χ2n) is 6.74. The molecule has 2 aromatic carbocycles. The Hall–Kier alpha value is -1.57. The van der Waals surface area contributed by atoms with Gasteiger partial charge in [-0.25, -0.2) is 13.1 Å². The number of halogens is 1. The van der Waals surface area contributed by atoms with Crippen LogP contribution in [0.4, 0.5) is 0 Å². The van der Waals surface area contributed by atoms with Gasteiger partial charge < -0.3 is 9.47 Å². The second-order valence-corrected chi connectivity index (χ2v) is 9.34. The van der Waals surface area contributed by atoms with E-state index in [1.54, 1.807) is 19.2 Å². The summed E-state index contributed by atoms with van der Waals surface area (Å²) in [5.41, 5.74) is 2.92. The molecule has 7 heteroatoms. The second kappa shape index (κ2) is 8.63. The lowest BCUT2D eigenvalue weighted by molar-refractivity contribution is 0.402. The molecule has 1 N–H and O–H groups in total. The molecule has 5 nitrogen and oxygen atoms in total. The molecule has 0 bridgehead atoms. The first kappa shape index (κ1) is 21.7. The maximum absolute atomic E-state index is 13.0. The predicted molar refractivity (Wildman–Crippen MR) is 111 cm³/mol. The van der Waals surface area contributed by atoms with Crippen molar-refractivity contribution < 1.29 is 17.9 Å². The Morgan fingerprint density at radius 2 is 1.59 bits per heavy atom. The number of ether oxygens (including phenoxy) is 2. The molecule has 27 heavy (non-hydrogen) atoms. The number of methoxy groups -OCH3 is 2. The first-order chi connectivity index (χ1) is 12.6. The average Bonchev–Trinajstić information content (AvgIpc) is 2.60. The zero-order valence-electron chi connectivity index (χ0n) is 16.5. The summed E-state index contributed by atoms with van der Waals surface area (Å²) < 4.78 is 40.1. The fourth-order valence-corrected chi connectivity index (χ4v) is 4.96. The van der Waals surface area contributed by atoms with Gasteiger partial charge >= 0.3 is 0 Å². The molecule has 1 atom stereocenters. The van der Waals surface area contributed by atoms with Crippen LogP contribution in [0.1, 0.15) is 49.4 Å². The van der Waals surface area contributed by atoms with Gasteiger partial charge in [-0.3, -0.25) is 0 Å². The minimum atomic E-state index is -3.77. The van der Waals surface area contributed by atoms with Gasteiger partial charge in [-0.1, -0.05) is 29.8 Å². The van der Waals surface area contributed by atoms with Crippen molar-refractivity contribution in [2.24, 2.45) is 0 Å². The van der Waals surface area contributed by atoms with Crippen molar-refractivity contribution in [3.05, 3.63) is 51.5 Å². The molecule has 0 radical (unpaired) electrons. The number of benzene rings is 2. The van der Waals surface area contributed by atoms with Crippen molar-refractivity contribution in [3.63, 3.8) is 0 Å². The maximum atomic E-state index is 13.0. The van der Waals surface area contributed by atoms with E-state index in [4.69, 9.17) is 9.47 Å². The van der Waals surface area contributed by atoms with Crippen LogP contribution in [0.3, 0.4) is 0 Å². The third-order valence-electron chi connectivity index (χ3n) is 4.45. The topological polar surface area (TPSA) is 64.6 Å². The van der Waals surface area contributed by atoms with Crippen LogP contribution < -0.4 is 14.2 Å². The normalized spacial score (nSPS) is 12.9. The molecule has 0 heterocycles. The van der Waals surface area contributed by atoms with Gasteiger partial charge in [0.05, 0.1) is 14.2 Å². The molecule has 148 valence electrons. The van der Waals surface area contributed by atoms with Crippen LogP contribution in [0.15, 0.2) is 39.7 Å². The third kappa shape index (κ3) is 4.83. The summed E-state index contributed by atoms with van der Waals surface area (Å²) in [4.78, 5) is 0.0986. The molecule has 0 aromatic heterocycles. The van der Waals surface area contributed by atoms with Gasteiger partial charge in [0.2, 0.25) is 10.0 Å². The predicted octanol–water partition coefficient (Wildman–Crippen LogP) is 4.94. The highest BCUT2D eigenvalue weighted by Crippen LogP contribution is 2.33. The van der Waals surface area contributed by atoms with Crippen molar-refractivity contribution >= 4 is 26.0 Å². The lowest BCUT2D eigenvalue weighted by Gasteiger charge is -2.21. The first-order valence-corrected chi connectivity index (χ1v) is 10.9. The Labute approximate surface area is 170 Å². The minimum Gasteiger partial charge on any atom is -0.496 e. The molecule has 0 fully saturated rings. The van der Waals surface area contributed by atoms with Crippen LogP contribution in [0.25, 0.3) is 0 Å². The average molecular weight is 456 g/mol. The van der Waals surface area contributed by atoms with E-state index in [9.17, 15) is 8.42 Å². The third-order valence-corrected chi connectivity index (χ3v) is 6.51. The fourth-order valence-electron chi connectivity index (χ4n) is 3.03. The molecular formula is C20H26BrNO4S. The van der Waals surface area contributed by atoms with E-state index in [1.165, 1.54) is 13.2 Å². The summed E-state index contributed by atoms with van der Waals surface area (Å²) in [7, 11) is -0.677. The van der Waals surface area contributed by atoms with E-state index in [2.05, 4.69) is 34.5 Å². The summed E-state index contributed by atoms with van der Waals surface area (Å²) in [5.74, 6) is 1.37. The van der Waals surface area contributed by atoms with Gasteiger partial charge in [-0.15, -0.1) is 0 Å². The molecule has 0 unspecified atom stereocenters. The van der Waals surface area contributed by atoms with E-state index in [1.807, 2.05) is 26.0 Å². The SMILES string of the molecule is COc1cc(C)c([C@@H](C)NS(=O)(=O)c2cc(Br)ccc2OC)cc1C(C)C. The summed E-state index contributed by atoms with van der Waals surface area (Å²) in [6.07, 6.45) is 0. The molecule has 0 spiro atoms. The molecule has 0 saturated heterocycles. The van der Waals surface area contributed by atoms with Crippen molar-refractivity contribution in [3.8, 4) is 11.5 Å². The van der Waals surface area contributed by atoms with Crippen LogP contribution >= 0.6 is 15.9 Å². The Kier molecular flexibility index (Phi) is 6.94. The Morgan fingerprint density at radius 3 is 2.15 bits per heavy atom. The summed E-state index contributed by atoms with van der Waals surface area (Å²) in [6.45, 7) is 7.95. The zero-order chi connectivity index (χ0) is 20.4. The van der Waals surface area contributed by atoms with Gasteiger partial charge in [0.1, 0.15) is 16.4 Å². The lowest BCUT2D eigenvalue weighted by Crippen LogP contribution is -2.28. The largest absolute Gasteiger partial charge is 0.496 e. The van der Waals surface area contributed by atoms with E-state index >= 15 is 0 Å². The molecule has 0 saturated carbocycles. The van der Waals surface area contributed by atoms with E-state index in [0.717, 1.165) is 22.4 Å². The van der Waals surface area contributed by atoms with Crippen molar-refractivity contribution in [2.45, 2.75) is 44.6 Å². The van der Waals surface area contributed by atoms with Crippen LogP contribution in [0.2, 0.25) is 0 Å². The van der Waals surface area contributed by atoms with Crippen molar-refractivity contribution in [1.29, 1.82) is 0 Å². The van der Waals surface area contributed by atoms with Gasteiger partial charge in [0, 0.05) is 10.5 Å². The van der Waals surface area contributed by atoms with E-state index in [-0.39, 0.29) is 10.8 Å². The number of hydrogen-bond acceptors (Lipinski definition) is 4. The van der Waals surface area contributed by atoms with E-state index in [0.29, 0.717) is 10.2 Å². The number of hydrogen-bond donors (Lipinski definition) is 1. The van der Waals surface area contributed by atoms with Gasteiger partial charge in [-0.2, -0.15) is 0 Å². The van der Waals surface area contributed by atoms with Crippen molar-refractivity contribution in [1.82, 2.24) is 4.72 Å². The zero-order valence-corrected chi connectivity index (χ0v) is 18.9. The molecule has 0 aliphatic heterocycles. The van der Waals surface area contributed by atoms with Crippen molar-refractivity contribution in [2.75, 3.05) is 14.2 Å². The summed E-state index contributed by atoms with van der Waals surface area (Å²) in [5, 5.41) is 0. The smallest absolute Gasteiger partial charge is 0.244 e. The fraction of sp³-hybridized carbons (Fsp3) is 0.400. The van der Waals surface area contributed by atoms with Gasteiger partial charge in [0.25, 0.3) is 0 Å². The Balaban J connectivity index is 2.43. The van der Waals surface area contributed by atoms with Crippen LogP contribution in [-0.2, 0) is 10.0 Å². The highest BCUT2D eigenvalue weighted by atomic mass is 79.9. The number of rotatable bonds is 7. The number of aryl methyl sites for hydroxylation is 1. The van der Waals surface area contributed by atoms with Crippen LogP contribution in [-0.4, -0.2) is 22.6 Å². The number of sulfonamides is 1. The Bertz CT molecular complexity index is 926. The lowest BCUT2D eigenvalue weighted by atomic mass is 9.94. The van der Waals surface area contributed by atoms with Gasteiger partial charge in [-0.05, 0) is 66.8 Å². The first-order valence-electron chi connectivity index (χ1n) is 8.65. The molecule has 2 rings (SSSR count). The maximum Gasteiger partial charge on any atom is 0.244 e. The van der Waals surface area contributed by atoms with Crippen LogP contribution in [0, 0.1) is 6.92 Å². The quantitative estimate of drug-likeness (QED) is 0.641. The monoisotopic (exact) mass is 455 g/mol. The minimum absolute atomic E-state index is 0.0986. The molecule has 2 aromatic rings. The number of nitrogens with one attached hydrogen (secondary N) is 1. The van der Waals surface area contributed by atoms with E-state index < -0.39 is 16.1 Å². The summed E-state index contributed by atoms with van der Waals surface area (Å²) >= 11 is 3.32. The molecule has 0 amide bonds. The highest BCUT2D eigenvalue weighted by molar-refractivity contribution is 9.10. The van der Waals surface area contributed by atoms with Crippen LogP contribution in [0.5, 0.6) is 11.5 Å². The Morgan fingerprint density at radius 1 is 0.963 bits per heavy atom. The van der Waals surface area contributed by atoms with Gasteiger partial charge in [0.15, 0.2) is 0 Å². The molecular weight excluding hydrogens is 430 g/mol. The summed E-state index contributed by atoms with van der Waals surface area (Å²) in [6, 6.07) is 8.46. The highest BCUT2D eigenvalue weighted by Gasteiger charge is 2.24. The molecule has 0 aliphatic carbocycles. The standard InChI is InChI=1S/C20H26BrNO4S/c1-12(2)16-11-17(13(3)9-19(16)26-6)14(4)22-27(23,24)20-10-15(21)7-8-18(20)25-5/h7-12,14,22H,1-6H3/t14-/m1/s1. The molecule has 0 aliphatic rings.